The van der Waals surface area contributed by atoms with Crippen LogP contribution >= 0.6 is 23.2 Å². The summed E-state index contributed by atoms with van der Waals surface area (Å²) in [7, 11) is -3.11. The fourth-order valence-corrected chi connectivity index (χ4v) is 4.78. The number of rotatable bonds is 5. The van der Waals surface area contributed by atoms with Crippen molar-refractivity contribution in [3.05, 3.63) is 33.8 Å². The summed E-state index contributed by atoms with van der Waals surface area (Å²) in [5, 5.41) is 0.517. The summed E-state index contributed by atoms with van der Waals surface area (Å²) in [6.45, 7) is 3.56. The van der Waals surface area contributed by atoms with E-state index in [4.69, 9.17) is 27.9 Å². The summed E-state index contributed by atoms with van der Waals surface area (Å²) < 4.78 is 28.5. The third-order valence-corrected chi connectivity index (χ3v) is 6.55. The summed E-state index contributed by atoms with van der Waals surface area (Å²) >= 11 is 11.7. The quantitative estimate of drug-likeness (QED) is 0.700. The fraction of sp³-hybridized carbons (Fsp3) is 0.500. The second-order valence-electron chi connectivity index (χ2n) is 5.86. The zero-order valence-corrected chi connectivity index (χ0v) is 16.2. The van der Waals surface area contributed by atoms with Crippen LogP contribution in [0, 0.1) is 0 Å². The number of carbonyl (C=O) groups is 2. The summed E-state index contributed by atoms with van der Waals surface area (Å²) in [4.78, 5) is 26.2. The van der Waals surface area contributed by atoms with Gasteiger partial charge >= 0.3 is 5.97 Å². The number of ether oxygens (including phenoxy) is 1. The SMILES string of the molecule is CCN(C(=O)[C@@H](C)OC(=O)c1ccc(Cl)c(Cl)c1)[C@H]1CCS(=O)(=O)C1. The number of nitrogens with zero attached hydrogens (tertiary/aromatic N) is 1. The zero-order chi connectivity index (χ0) is 18.8. The highest BCUT2D eigenvalue weighted by molar-refractivity contribution is 7.91. The fourth-order valence-electron chi connectivity index (χ4n) is 2.75. The molecule has 1 fully saturated rings. The number of hydrogen-bond donors (Lipinski definition) is 0. The van der Waals surface area contributed by atoms with Crippen molar-refractivity contribution in [2.45, 2.75) is 32.4 Å². The molecule has 6 nitrogen and oxygen atoms in total. The Balaban J connectivity index is 2.05. The first kappa shape index (κ1) is 20.0. The lowest BCUT2D eigenvalue weighted by Crippen LogP contribution is -2.46. The van der Waals surface area contributed by atoms with Crippen molar-refractivity contribution < 1.29 is 22.7 Å². The first-order chi connectivity index (χ1) is 11.6. The zero-order valence-electron chi connectivity index (χ0n) is 13.9. The van der Waals surface area contributed by atoms with Gasteiger partial charge in [0.2, 0.25) is 0 Å². The van der Waals surface area contributed by atoms with E-state index in [1.165, 1.54) is 30.0 Å². The van der Waals surface area contributed by atoms with Gasteiger partial charge in [-0.1, -0.05) is 23.2 Å². The Morgan fingerprint density at radius 1 is 1.32 bits per heavy atom. The van der Waals surface area contributed by atoms with Gasteiger partial charge < -0.3 is 9.64 Å². The molecule has 1 aliphatic rings. The van der Waals surface area contributed by atoms with E-state index in [-0.39, 0.29) is 28.1 Å². The van der Waals surface area contributed by atoms with Crippen LogP contribution in [0.2, 0.25) is 10.0 Å². The predicted octanol–water partition coefficient (Wildman–Crippen LogP) is 2.57. The molecule has 1 amide bonds. The van der Waals surface area contributed by atoms with E-state index in [1.54, 1.807) is 6.92 Å². The van der Waals surface area contributed by atoms with Crippen LogP contribution in [0.3, 0.4) is 0 Å². The van der Waals surface area contributed by atoms with Crippen molar-refractivity contribution in [1.82, 2.24) is 4.90 Å². The van der Waals surface area contributed by atoms with E-state index >= 15 is 0 Å². The molecule has 0 N–H and O–H groups in total. The second kappa shape index (κ2) is 7.93. The van der Waals surface area contributed by atoms with Gasteiger partial charge in [-0.2, -0.15) is 0 Å². The van der Waals surface area contributed by atoms with Gasteiger partial charge in [-0.3, -0.25) is 4.79 Å². The Kier molecular flexibility index (Phi) is 6.35. The van der Waals surface area contributed by atoms with Crippen molar-refractivity contribution in [3.8, 4) is 0 Å². The molecule has 25 heavy (non-hydrogen) atoms. The first-order valence-corrected chi connectivity index (χ1v) is 10.4. The molecular weight excluding hydrogens is 389 g/mol. The van der Waals surface area contributed by atoms with Crippen LogP contribution in [-0.2, 0) is 19.4 Å². The Labute approximate surface area is 157 Å². The topological polar surface area (TPSA) is 80.8 Å². The number of sulfone groups is 1. The maximum Gasteiger partial charge on any atom is 0.338 e. The van der Waals surface area contributed by atoms with Crippen molar-refractivity contribution in [1.29, 1.82) is 0 Å². The van der Waals surface area contributed by atoms with Crippen LogP contribution < -0.4 is 0 Å². The van der Waals surface area contributed by atoms with E-state index < -0.39 is 27.8 Å². The number of hydrogen-bond acceptors (Lipinski definition) is 5. The molecule has 2 rings (SSSR count). The Morgan fingerprint density at radius 3 is 2.52 bits per heavy atom. The summed E-state index contributed by atoms with van der Waals surface area (Å²) in [6.07, 6.45) is -0.639. The maximum atomic E-state index is 12.6. The smallest absolute Gasteiger partial charge is 0.338 e. The largest absolute Gasteiger partial charge is 0.449 e. The predicted molar refractivity (Wildman–Crippen MR) is 95.8 cm³/mol. The van der Waals surface area contributed by atoms with Gasteiger partial charge in [-0.05, 0) is 38.5 Å². The van der Waals surface area contributed by atoms with Gasteiger partial charge in [0, 0.05) is 12.6 Å². The number of amides is 1. The second-order valence-corrected chi connectivity index (χ2v) is 8.90. The van der Waals surface area contributed by atoms with Gasteiger partial charge in [-0.15, -0.1) is 0 Å². The minimum absolute atomic E-state index is 0.0555. The molecule has 0 saturated carbocycles. The van der Waals surface area contributed by atoms with Crippen LogP contribution in [0.25, 0.3) is 0 Å². The molecule has 0 radical (unpaired) electrons. The molecular formula is C16H19Cl2NO5S. The van der Waals surface area contributed by atoms with Crippen LogP contribution in [0.1, 0.15) is 30.6 Å². The summed E-state index contributed by atoms with van der Waals surface area (Å²) in [6, 6.07) is 3.90. The minimum Gasteiger partial charge on any atom is -0.449 e. The molecule has 1 aliphatic heterocycles. The third-order valence-electron chi connectivity index (χ3n) is 4.06. The Hall–Kier alpha value is -1.31. The van der Waals surface area contributed by atoms with Crippen LogP contribution in [0.15, 0.2) is 18.2 Å². The highest BCUT2D eigenvalue weighted by Gasteiger charge is 2.36. The maximum absolute atomic E-state index is 12.6. The van der Waals surface area contributed by atoms with Crippen LogP contribution in [0.5, 0.6) is 0 Å². The molecule has 9 heteroatoms. The van der Waals surface area contributed by atoms with Crippen molar-refractivity contribution in [2.75, 3.05) is 18.1 Å². The van der Waals surface area contributed by atoms with E-state index in [0.29, 0.717) is 18.0 Å². The van der Waals surface area contributed by atoms with E-state index in [0.717, 1.165) is 0 Å². The standard InChI is InChI=1S/C16H19Cl2NO5S/c1-3-19(12-6-7-25(22,23)9-12)15(20)10(2)24-16(21)11-4-5-13(17)14(18)8-11/h4-5,8,10,12H,3,6-7,9H2,1-2H3/t10-,12+/m1/s1. The first-order valence-electron chi connectivity index (χ1n) is 7.81. The third kappa shape index (κ3) is 4.86. The lowest BCUT2D eigenvalue weighted by Gasteiger charge is -2.29. The average Bonchev–Trinajstić information content (AvgIpc) is 2.90. The normalized spacial score (nSPS) is 20.1. The van der Waals surface area contributed by atoms with Gasteiger partial charge in [0.05, 0.1) is 27.1 Å². The van der Waals surface area contributed by atoms with Crippen molar-refractivity contribution in [2.24, 2.45) is 0 Å². The minimum atomic E-state index is -3.11. The average molecular weight is 408 g/mol. The van der Waals surface area contributed by atoms with Gasteiger partial charge in [0.1, 0.15) is 0 Å². The monoisotopic (exact) mass is 407 g/mol. The summed E-state index contributed by atoms with van der Waals surface area (Å²) in [5.74, 6) is -1.11. The number of likely N-dealkylation sites (N-methyl/N-ethyl adjacent to an activating group) is 1. The molecule has 0 aliphatic carbocycles. The Morgan fingerprint density at radius 2 is 2.00 bits per heavy atom. The molecule has 1 aromatic rings. The molecule has 138 valence electrons. The number of halogens is 2. The van der Waals surface area contributed by atoms with Crippen LogP contribution in [0.4, 0.5) is 0 Å². The lowest BCUT2D eigenvalue weighted by atomic mass is 10.2. The summed E-state index contributed by atoms with van der Waals surface area (Å²) in [5.41, 5.74) is 0.181. The number of esters is 1. The molecule has 0 bridgehead atoms. The molecule has 0 unspecified atom stereocenters. The number of carbonyl (C=O) groups excluding carboxylic acids is 2. The van der Waals surface area contributed by atoms with Crippen LogP contribution in [-0.4, -0.2) is 55.4 Å². The molecule has 0 aromatic heterocycles. The van der Waals surface area contributed by atoms with E-state index in [1.807, 2.05) is 0 Å². The molecule has 1 aromatic carbocycles. The molecule has 0 spiro atoms. The van der Waals surface area contributed by atoms with Crippen molar-refractivity contribution in [3.63, 3.8) is 0 Å². The molecule has 1 heterocycles. The van der Waals surface area contributed by atoms with Gasteiger partial charge in [0.25, 0.3) is 5.91 Å². The highest BCUT2D eigenvalue weighted by Crippen LogP contribution is 2.23. The van der Waals surface area contributed by atoms with Crippen molar-refractivity contribution >= 4 is 44.9 Å². The van der Waals surface area contributed by atoms with Gasteiger partial charge in [0.15, 0.2) is 15.9 Å². The van der Waals surface area contributed by atoms with E-state index in [9.17, 15) is 18.0 Å². The molecule has 2 atom stereocenters. The van der Waals surface area contributed by atoms with E-state index in [2.05, 4.69) is 0 Å². The van der Waals surface area contributed by atoms with Gasteiger partial charge in [-0.25, -0.2) is 13.2 Å². The molecule has 1 saturated heterocycles. The Bertz CT molecular complexity index is 781. The number of benzene rings is 1. The highest BCUT2D eigenvalue weighted by atomic mass is 35.5. The lowest BCUT2D eigenvalue weighted by molar-refractivity contribution is -0.141.